The van der Waals surface area contributed by atoms with Crippen molar-refractivity contribution < 1.29 is 19.1 Å². The lowest BCUT2D eigenvalue weighted by Crippen LogP contribution is -2.61. The highest BCUT2D eigenvalue weighted by molar-refractivity contribution is 6.30. The molecule has 3 aromatic carbocycles. The summed E-state index contributed by atoms with van der Waals surface area (Å²) >= 11 is 12.7. The van der Waals surface area contributed by atoms with Gasteiger partial charge in [0.1, 0.15) is 22.7 Å². The Bertz CT molecular complexity index is 1650. The summed E-state index contributed by atoms with van der Waals surface area (Å²) in [6.45, 7) is 12.5. The Morgan fingerprint density at radius 3 is 2.02 bits per heavy atom. The standard InChI is InChI=1S/C36H43Cl2N5O4/c1-7-47-30-22-26(34(2,3)46-6)12-17-29(30)32-40-35(4,24-8-13-27(37)14-9-24)36(5,25-10-15-28(38)16-11-25)43(32)33(45)42-20-18-41(19-21-42)23-31(39)44/h8-17,22H,7,18-21,23H2,1-6H3,(H2,39,44)/t35-,36+/m0/s1. The van der Waals surface area contributed by atoms with Crippen LogP contribution in [0.1, 0.15) is 56.9 Å². The Balaban J connectivity index is 1.74. The number of amides is 3. The zero-order valence-electron chi connectivity index (χ0n) is 27.8. The van der Waals surface area contributed by atoms with E-state index in [0.29, 0.717) is 60.0 Å². The number of halogens is 2. The maximum Gasteiger partial charge on any atom is 0.326 e. The molecule has 3 aromatic rings. The SMILES string of the molecule is CCOc1cc(C(C)(C)OC)ccc1C1=N[C@@](C)(c2ccc(Cl)cc2)[C@@](C)(c2ccc(Cl)cc2)N1C(=O)N1CCN(CC(N)=O)CC1. The molecule has 0 saturated carbocycles. The number of aliphatic imine (C=N–C) groups is 1. The third kappa shape index (κ3) is 6.46. The highest BCUT2D eigenvalue weighted by Gasteiger charge is 2.60. The van der Waals surface area contributed by atoms with E-state index in [2.05, 4.69) is 0 Å². The minimum absolute atomic E-state index is 0.150. The molecular formula is C36H43Cl2N5O4. The number of piperazine rings is 1. The van der Waals surface area contributed by atoms with Gasteiger partial charge in [0.05, 0.1) is 24.3 Å². The molecule has 9 nitrogen and oxygen atoms in total. The molecule has 2 aliphatic rings. The van der Waals surface area contributed by atoms with E-state index in [1.807, 2.05) is 116 Å². The molecule has 1 saturated heterocycles. The predicted molar refractivity (Wildman–Crippen MR) is 186 cm³/mol. The number of urea groups is 1. The first kappa shape index (κ1) is 34.7. The van der Waals surface area contributed by atoms with E-state index < -0.39 is 22.6 Å². The zero-order chi connectivity index (χ0) is 34.1. The molecule has 0 aromatic heterocycles. The molecular weight excluding hydrogens is 637 g/mol. The summed E-state index contributed by atoms with van der Waals surface area (Å²) in [7, 11) is 1.67. The fourth-order valence-electron chi connectivity index (χ4n) is 6.50. The summed E-state index contributed by atoms with van der Waals surface area (Å²) < 4.78 is 12.0. The van der Waals surface area contributed by atoms with Crippen LogP contribution in [0.15, 0.2) is 71.7 Å². The Morgan fingerprint density at radius 2 is 1.49 bits per heavy atom. The number of nitrogens with two attached hydrogens (primary N) is 1. The average molecular weight is 681 g/mol. The smallest absolute Gasteiger partial charge is 0.326 e. The average Bonchev–Trinajstić information content (AvgIpc) is 3.29. The van der Waals surface area contributed by atoms with E-state index in [0.717, 1.165) is 16.7 Å². The van der Waals surface area contributed by atoms with Crippen LogP contribution in [-0.2, 0) is 26.2 Å². The largest absolute Gasteiger partial charge is 0.493 e. The molecule has 0 spiro atoms. The lowest BCUT2D eigenvalue weighted by atomic mass is 9.71. The topological polar surface area (TPSA) is 101 Å². The molecule has 47 heavy (non-hydrogen) atoms. The number of hydrogen-bond donors (Lipinski definition) is 1. The van der Waals surface area contributed by atoms with Crippen molar-refractivity contribution in [3.8, 4) is 5.75 Å². The highest BCUT2D eigenvalue weighted by Crippen LogP contribution is 2.54. The predicted octanol–water partition coefficient (Wildman–Crippen LogP) is 6.39. The number of hydrogen-bond acceptors (Lipinski definition) is 6. The number of amidine groups is 1. The second kappa shape index (κ2) is 13.5. The number of nitrogens with zero attached hydrogens (tertiary/aromatic N) is 4. The number of carbonyl (C=O) groups is 2. The summed E-state index contributed by atoms with van der Waals surface area (Å²) in [5, 5.41) is 1.19. The van der Waals surface area contributed by atoms with E-state index in [1.54, 1.807) is 7.11 Å². The van der Waals surface area contributed by atoms with E-state index >= 15 is 4.79 Å². The van der Waals surface area contributed by atoms with Gasteiger partial charge in [-0.2, -0.15) is 0 Å². The molecule has 2 aliphatic heterocycles. The zero-order valence-corrected chi connectivity index (χ0v) is 29.4. The normalized spacial score (nSPS) is 21.9. The van der Waals surface area contributed by atoms with Crippen LogP contribution in [0.25, 0.3) is 0 Å². The number of rotatable bonds is 9. The first-order chi connectivity index (χ1) is 22.2. The summed E-state index contributed by atoms with van der Waals surface area (Å²) in [6, 6.07) is 20.9. The fraction of sp³-hybridized carbons (Fsp3) is 0.417. The second-order valence-corrected chi connectivity index (χ2v) is 13.7. The van der Waals surface area contributed by atoms with E-state index in [4.69, 9.17) is 43.4 Å². The fourth-order valence-corrected chi connectivity index (χ4v) is 6.75. The number of benzene rings is 3. The van der Waals surface area contributed by atoms with Crippen molar-refractivity contribution in [1.29, 1.82) is 0 Å². The van der Waals surface area contributed by atoms with Gasteiger partial charge in [0.25, 0.3) is 0 Å². The minimum atomic E-state index is -1.03. The van der Waals surface area contributed by atoms with Gasteiger partial charge >= 0.3 is 6.03 Å². The van der Waals surface area contributed by atoms with Crippen molar-refractivity contribution in [2.75, 3.05) is 46.4 Å². The van der Waals surface area contributed by atoms with Crippen LogP contribution in [0, 0.1) is 0 Å². The molecule has 1 fully saturated rings. The van der Waals surface area contributed by atoms with Crippen LogP contribution in [0.4, 0.5) is 4.79 Å². The molecule has 250 valence electrons. The maximum absolute atomic E-state index is 15.0. The Kier molecular flexibility index (Phi) is 9.94. The van der Waals surface area contributed by atoms with Gasteiger partial charge in [-0.3, -0.25) is 19.6 Å². The number of ether oxygens (including phenoxy) is 2. The van der Waals surface area contributed by atoms with Crippen molar-refractivity contribution in [3.63, 3.8) is 0 Å². The molecule has 11 heteroatoms. The van der Waals surface area contributed by atoms with Gasteiger partial charge in [-0.1, -0.05) is 53.5 Å². The summed E-state index contributed by atoms with van der Waals surface area (Å²) in [6.07, 6.45) is 0. The molecule has 0 bridgehead atoms. The van der Waals surface area contributed by atoms with Crippen LogP contribution < -0.4 is 10.5 Å². The third-order valence-corrected chi connectivity index (χ3v) is 10.2. The van der Waals surface area contributed by atoms with Crippen molar-refractivity contribution in [1.82, 2.24) is 14.7 Å². The molecule has 3 amide bonds. The number of carbonyl (C=O) groups excluding carboxylic acids is 2. The summed E-state index contributed by atoms with van der Waals surface area (Å²) in [5.74, 6) is 0.683. The minimum Gasteiger partial charge on any atom is -0.493 e. The first-order valence-corrected chi connectivity index (χ1v) is 16.6. The summed E-state index contributed by atoms with van der Waals surface area (Å²) in [4.78, 5) is 37.7. The molecule has 0 radical (unpaired) electrons. The van der Waals surface area contributed by atoms with Crippen molar-refractivity contribution >= 4 is 41.0 Å². The van der Waals surface area contributed by atoms with Gasteiger partial charge in [-0.25, -0.2) is 4.79 Å². The van der Waals surface area contributed by atoms with Gasteiger partial charge < -0.3 is 20.1 Å². The van der Waals surface area contributed by atoms with Crippen molar-refractivity contribution in [2.45, 2.75) is 51.3 Å². The van der Waals surface area contributed by atoms with E-state index in [9.17, 15) is 4.79 Å². The van der Waals surface area contributed by atoms with Crippen molar-refractivity contribution in [2.24, 2.45) is 10.7 Å². The molecule has 2 N–H and O–H groups in total. The monoisotopic (exact) mass is 679 g/mol. The molecule has 2 atom stereocenters. The Hall–Kier alpha value is -3.63. The van der Waals surface area contributed by atoms with Gasteiger partial charge in [0, 0.05) is 43.3 Å². The molecule has 0 aliphatic carbocycles. The first-order valence-electron chi connectivity index (χ1n) is 15.8. The quantitative estimate of drug-likeness (QED) is 0.283. The maximum atomic E-state index is 15.0. The third-order valence-electron chi connectivity index (χ3n) is 9.69. The van der Waals surface area contributed by atoms with Gasteiger partial charge in [-0.05, 0) is 87.7 Å². The van der Waals surface area contributed by atoms with Crippen molar-refractivity contribution in [3.05, 3.63) is 99.0 Å². The Morgan fingerprint density at radius 1 is 0.915 bits per heavy atom. The molecule has 0 unspecified atom stereocenters. The second-order valence-electron chi connectivity index (χ2n) is 12.8. The highest BCUT2D eigenvalue weighted by atomic mass is 35.5. The number of methoxy groups -OCH3 is 1. The van der Waals surface area contributed by atoms with E-state index in [1.165, 1.54) is 0 Å². The van der Waals surface area contributed by atoms with Crippen LogP contribution in [0.5, 0.6) is 5.75 Å². The summed E-state index contributed by atoms with van der Waals surface area (Å²) in [5.41, 5.74) is 6.24. The lowest BCUT2D eigenvalue weighted by molar-refractivity contribution is -0.119. The lowest BCUT2D eigenvalue weighted by Gasteiger charge is -2.47. The Labute approximate surface area is 287 Å². The van der Waals surface area contributed by atoms with Crippen LogP contribution in [0.2, 0.25) is 10.0 Å². The molecule has 2 heterocycles. The van der Waals surface area contributed by atoms with E-state index in [-0.39, 0.29) is 12.6 Å². The number of primary amides is 1. The van der Waals surface area contributed by atoms with Crippen LogP contribution >= 0.6 is 23.2 Å². The molecule has 5 rings (SSSR count). The van der Waals surface area contributed by atoms with Gasteiger partial charge in [0.2, 0.25) is 5.91 Å². The van der Waals surface area contributed by atoms with Crippen LogP contribution in [0.3, 0.4) is 0 Å². The van der Waals surface area contributed by atoms with Crippen LogP contribution in [-0.4, -0.2) is 78.9 Å². The van der Waals surface area contributed by atoms with Gasteiger partial charge in [0.15, 0.2) is 0 Å². The van der Waals surface area contributed by atoms with Gasteiger partial charge in [-0.15, -0.1) is 0 Å².